The Morgan fingerprint density at radius 3 is 2.84 bits per heavy atom. The summed E-state index contributed by atoms with van der Waals surface area (Å²) in [5, 5.41) is 3.38. The van der Waals surface area contributed by atoms with Gasteiger partial charge >= 0.3 is 0 Å². The molecule has 2 heterocycles. The molecule has 1 N–H and O–H groups in total. The quantitative estimate of drug-likeness (QED) is 0.882. The summed E-state index contributed by atoms with van der Waals surface area (Å²) in [5.41, 5.74) is 1.02. The molecule has 1 aromatic rings. The van der Waals surface area contributed by atoms with Crippen LogP contribution in [0.15, 0.2) is 12.4 Å². The number of nitrogens with zero attached hydrogens (tertiary/aromatic N) is 4. The van der Waals surface area contributed by atoms with Crippen LogP contribution in [0.1, 0.15) is 26.0 Å². The van der Waals surface area contributed by atoms with Crippen molar-refractivity contribution in [2.75, 3.05) is 38.1 Å². The summed E-state index contributed by atoms with van der Waals surface area (Å²) in [6, 6.07) is 0.470. The average Bonchev–Trinajstić information content (AvgIpc) is 2.62. The smallest absolute Gasteiger partial charge is 0.147 e. The number of aromatic nitrogens is 2. The highest BCUT2D eigenvalue weighted by Gasteiger charge is 2.14. The van der Waals surface area contributed by atoms with Crippen LogP contribution >= 0.6 is 0 Å². The third-order valence-electron chi connectivity index (χ3n) is 3.41. The third-order valence-corrected chi connectivity index (χ3v) is 3.41. The zero-order valence-electron chi connectivity index (χ0n) is 12.3. The van der Waals surface area contributed by atoms with Gasteiger partial charge in [-0.05, 0) is 20.0 Å². The largest absolute Gasteiger partial charge is 0.354 e. The van der Waals surface area contributed by atoms with Gasteiger partial charge in [-0.15, -0.1) is 0 Å². The lowest BCUT2D eigenvalue weighted by Gasteiger charge is -2.21. The van der Waals surface area contributed by atoms with Crippen molar-refractivity contribution in [3.63, 3.8) is 0 Å². The van der Waals surface area contributed by atoms with E-state index in [1.807, 2.05) is 12.4 Å². The molecule has 0 spiro atoms. The molecule has 1 fully saturated rings. The summed E-state index contributed by atoms with van der Waals surface area (Å²) in [4.78, 5) is 13.8. The van der Waals surface area contributed by atoms with Crippen molar-refractivity contribution in [2.24, 2.45) is 0 Å². The van der Waals surface area contributed by atoms with Crippen molar-refractivity contribution in [3.8, 4) is 0 Å². The topological polar surface area (TPSA) is 44.3 Å². The normalized spacial score (nSPS) is 17.8. The van der Waals surface area contributed by atoms with Gasteiger partial charge in [0.05, 0.1) is 11.9 Å². The van der Waals surface area contributed by atoms with Crippen molar-refractivity contribution in [2.45, 2.75) is 32.9 Å². The van der Waals surface area contributed by atoms with Gasteiger partial charge in [0.1, 0.15) is 5.82 Å². The molecule has 106 valence electrons. The van der Waals surface area contributed by atoms with Gasteiger partial charge < -0.3 is 15.1 Å². The molecule has 19 heavy (non-hydrogen) atoms. The van der Waals surface area contributed by atoms with Crippen molar-refractivity contribution >= 4 is 5.82 Å². The van der Waals surface area contributed by atoms with Crippen LogP contribution in [0.2, 0.25) is 0 Å². The van der Waals surface area contributed by atoms with Crippen molar-refractivity contribution in [1.82, 2.24) is 20.2 Å². The van der Waals surface area contributed by atoms with Crippen LogP contribution < -0.4 is 10.2 Å². The maximum Gasteiger partial charge on any atom is 0.147 e. The highest BCUT2D eigenvalue weighted by atomic mass is 15.2. The first kappa shape index (κ1) is 14.2. The highest BCUT2D eigenvalue weighted by Crippen LogP contribution is 2.12. The number of rotatable bonds is 4. The molecule has 0 amide bonds. The van der Waals surface area contributed by atoms with Crippen molar-refractivity contribution < 1.29 is 0 Å². The zero-order valence-corrected chi connectivity index (χ0v) is 12.3. The molecule has 1 aromatic heterocycles. The van der Waals surface area contributed by atoms with Gasteiger partial charge in [0.25, 0.3) is 0 Å². The Balaban J connectivity index is 2.01. The number of nitrogens with one attached hydrogen (secondary N) is 1. The maximum atomic E-state index is 4.72. The monoisotopic (exact) mass is 263 g/mol. The standard InChI is InChI=1S/C14H25N5/c1-12(2)16-10-13-9-15-11-14(17-13)19-6-4-5-18(3)7-8-19/h9,11-12,16H,4-8,10H2,1-3H3. The van der Waals surface area contributed by atoms with Gasteiger partial charge in [-0.2, -0.15) is 0 Å². The summed E-state index contributed by atoms with van der Waals surface area (Å²) < 4.78 is 0. The van der Waals surface area contributed by atoms with E-state index < -0.39 is 0 Å². The summed E-state index contributed by atoms with van der Waals surface area (Å²) >= 11 is 0. The first-order valence-electron chi connectivity index (χ1n) is 7.13. The molecule has 0 saturated carbocycles. The minimum atomic E-state index is 0.470. The maximum absolute atomic E-state index is 4.72. The van der Waals surface area contributed by atoms with Gasteiger partial charge in [-0.3, -0.25) is 4.98 Å². The van der Waals surface area contributed by atoms with Crippen LogP contribution in [0.25, 0.3) is 0 Å². The molecule has 5 heteroatoms. The van der Waals surface area contributed by atoms with Gasteiger partial charge in [0.2, 0.25) is 0 Å². The molecule has 5 nitrogen and oxygen atoms in total. The Morgan fingerprint density at radius 2 is 2.05 bits per heavy atom. The second-order valence-electron chi connectivity index (χ2n) is 5.55. The first-order chi connectivity index (χ1) is 9.15. The molecule has 2 rings (SSSR count). The van der Waals surface area contributed by atoms with Crippen molar-refractivity contribution in [3.05, 3.63) is 18.1 Å². The minimum Gasteiger partial charge on any atom is -0.354 e. The van der Waals surface area contributed by atoms with E-state index in [4.69, 9.17) is 4.98 Å². The summed E-state index contributed by atoms with van der Waals surface area (Å²) in [5.74, 6) is 1.01. The lowest BCUT2D eigenvalue weighted by Crippen LogP contribution is -2.30. The van der Waals surface area contributed by atoms with E-state index in [9.17, 15) is 0 Å². The molecule has 1 saturated heterocycles. The second kappa shape index (κ2) is 6.82. The Morgan fingerprint density at radius 1 is 1.21 bits per heavy atom. The van der Waals surface area contributed by atoms with Crippen LogP contribution in [0.4, 0.5) is 5.82 Å². The molecular formula is C14H25N5. The predicted molar refractivity (Wildman–Crippen MR) is 78.3 cm³/mol. The molecule has 0 bridgehead atoms. The Bertz CT molecular complexity index is 393. The van der Waals surface area contributed by atoms with Crippen LogP contribution in [0.5, 0.6) is 0 Å². The van der Waals surface area contributed by atoms with E-state index in [0.717, 1.165) is 37.7 Å². The lowest BCUT2D eigenvalue weighted by molar-refractivity contribution is 0.360. The number of hydrogen-bond acceptors (Lipinski definition) is 5. The van der Waals surface area contributed by atoms with Gasteiger partial charge in [-0.25, -0.2) is 4.98 Å². The summed E-state index contributed by atoms with van der Waals surface area (Å²) in [6.07, 6.45) is 4.92. The molecule has 0 aromatic carbocycles. The number of anilines is 1. The SMILES string of the molecule is CC(C)NCc1cncc(N2CCCN(C)CC2)n1. The van der Waals surface area contributed by atoms with Crippen LogP contribution in [-0.4, -0.2) is 54.1 Å². The van der Waals surface area contributed by atoms with Gasteiger partial charge in [0.15, 0.2) is 0 Å². The number of hydrogen-bond donors (Lipinski definition) is 1. The van der Waals surface area contributed by atoms with E-state index in [1.165, 1.54) is 13.0 Å². The molecule has 0 radical (unpaired) electrons. The summed E-state index contributed by atoms with van der Waals surface area (Å²) in [7, 11) is 2.18. The van der Waals surface area contributed by atoms with Crippen LogP contribution in [-0.2, 0) is 6.54 Å². The molecule has 0 aliphatic carbocycles. The predicted octanol–water partition coefficient (Wildman–Crippen LogP) is 1.12. The Kier molecular flexibility index (Phi) is 5.10. The molecule has 0 atom stereocenters. The van der Waals surface area contributed by atoms with E-state index in [2.05, 4.69) is 41.0 Å². The molecule has 0 unspecified atom stereocenters. The molecular weight excluding hydrogens is 238 g/mol. The Hall–Kier alpha value is -1.20. The molecule has 1 aliphatic rings. The highest BCUT2D eigenvalue weighted by molar-refractivity contribution is 5.36. The van der Waals surface area contributed by atoms with Gasteiger partial charge in [-0.1, -0.05) is 13.8 Å². The average molecular weight is 263 g/mol. The van der Waals surface area contributed by atoms with E-state index in [0.29, 0.717) is 6.04 Å². The van der Waals surface area contributed by atoms with E-state index in [1.54, 1.807) is 0 Å². The fourth-order valence-electron chi connectivity index (χ4n) is 2.22. The number of likely N-dealkylation sites (N-methyl/N-ethyl adjacent to an activating group) is 1. The first-order valence-corrected chi connectivity index (χ1v) is 7.13. The van der Waals surface area contributed by atoms with Crippen molar-refractivity contribution in [1.29, 1.82) is 0 Å². The summed E-state index contributed by atoms with van der Waals surface area (Å²) in [6.45, 7) is 9.43. The molecule has 1 aliphatic heterocycles. The van der Waals surface area contributed by atoms with Crippen LogP contribution in [0, 0.1) is 0 Å². The third kappa shape index (κ3) is 4.44. The Labute approximate surface area is 116 Å². The fraction of sp³-hybridized carbons (Fsp3) is 0.714. The fourth-order valence-corrected chi connectivity index (χ4v) is 2.22. The van der Waals surface area contributed by atoms with Crippen LogP contribution in [0.3, 0.4) is 0 Å². The van der Waals surface area contributed by atoms with E-state index in [-0.39, 0.29) is 0 Å². The lowest BCUT2D eigenvalue weighted by atomic mass is 10.3. The second-order valence-corrected chi connectivity index (χ2v) is 5.55. The minimum absolute atomic E-state index is 0.470. The van der Waals surface area contributed by atoms with E-state index >= 15 is 0 Å². The van der Waals surface area contributed by atoms with Gasteiger partial charge in [0, 0.05) is 38.4 Å². The zero-order chi connectivity index (χ0) is 13.7.